The van der Waals surface area contributed by atoms with Gasteiger partial charge < -0.3 is 14.9 Å². The van der Waals surface area contributed by atoms with E-state index in [1.54, 1.807) is 22.4 Å². The first-order chi connectivity index (χ1) is 15.9. The second-order valence-electron chi connectivity index (χ2n) is 8.05. The number of Topliss-reactive ketones (excluding diaryl/α,β-unsaturated/α-hetero) is 1. The first-order valence-corrected chi connectivity index (χ1v) is 11.9. The van der Waals surface area contributed by atoms with Crippen LogP contribution in [0, 0.1) is 6.92 Å². The Morgan fingerprint density at radius 1 is 1.12 bits per heavy atom. The first-order valence-electron chi connectivity index (χ1n) is 11.1. The molecule has 1 aliphatic rings. The number of ketones is 1. The predicted molar refractivity (Wildman–Crippen MR) is 131 cm³/mol. The monoisotopic (exact) mass is 510 g/mol. The van der Waals surface area contributed by atoms with E-state index in [0.717, 1.165) is 23.1 Å². The quantitative estimate of drug-likeness (QED) is 0.293. The van der Waals surface area contributed by atoms with Crippen molar-refractivity contribution >= 4 is 39.0 Å². The highest BCUT2D eigenvalue weighted by molar-refractivity contribution is 9.10. The van der Waals surface area contributed by atoms with Gasteiger partial charge in [0, 0.05) is 23.8 Å². The number of aromatic nitrogens is 2. The van der Waals surface area contributed by atoms with Gasteiger partial charge in [-0.1, -0.05) is 48.0 Å². The zero-order chi connectivity index (χ0) is 23.7. The minimum absolute atomic E-state index is 0.0932. The summed E-state index contributed by atoms with van der Waals surface area (Å²) in [6, 6.07) is 12.3. The predicted octanol–water partition coefficient (Wildman–Crippen LogP) is 4.17. The number of likely N-dealkylation sites (tertiary alicyclic amines) is 1. The van der Waals surface area contributed by atoms with Gasteiger partial charge in [0.15, 0.2) is 5.76 Å². The Bertz CT molecular complexity index is 1230. The molecule has 4 rings (SSSR count). The number of likely N-dealkylation sites (N-methyl/N-ethyl adjacent to an activating group) is 1. The van der Waals surface area contributed by atoms with E-state index in [2.05, 4.69) is 39.7 Å². The summed E-state index contributed by atoms with van der Waals surface area (Å²) in [5.41, 5.74) is 2.53. The lowest BCUT2D eigenvalue weighted by Gasteiger charge is -2.28. The summed E-state index contributed by atoms with van der Waals surface area (Å²) < 4.78 is 2.64. The zero-order valence-electron chi connectivity index (χ0n) is 19.0. The van der Waals surface area contributed by atoms with Gasteiger partial charge in [0.25, 0.3) is 11.7 Å². The summed E-state index contributed by atoms with van der Waals surface area (Å²) in [4.78, 5) is 34.7. The number of halogens is 1. The highest BCUT2D eigenvalue weighted by Gasteiger charge is 2.46. The van der Waals surface area contributed by atoms with E-state index < -0.39 is 17.7 Å². The highest BCUT2D eigenvalue weighted by atomic mass is 79.9. The van der Waals surface area contributed by atoms with Gasteiger partial charge in [0.05, 0.1) is 17.3 Å². The molecule has 0 saturated carbocycles. The van der Waals surface area contributed by atoms with Gasteiger partial charge in [-0.3, -0.25) is 14.0 Å². The number of pyridine rings is 1. The van der Waals surface area contributed by atoms with Gasteiger partial charge in [-0.25, -0.2) is 4.98 Å². The number of amides is 1. The molecule has 1 atom stereocenters. The number of carbonyl (C=O) groups excluding carboxylic acids is 2. The fourth-order valence-corrected chi connectivity index (χ4v) is 4.68. The third kappa shape index (κ3) is 4.20. The molecule has 33 heavy (non-hydrogen) atoms. The molecule has 3 heterocycles. The number of nitrogens with zero attached hydrogens (tertiary/aromatic N) is 4. The van der Waals surface area contributed by atoms with Crippen LogP contribution < -0.4 is 0 Å². The van der Waals surface area contributed by atoms with Crippen LogP contribution >= 0.6 is 15.9 Å². The molecule has 0 bridgehead atoms. The van der Waals surface area contributed by atoms with Crippen molar-refractivity contribution in [1.29, 1.82) is 0 Å². The van der Waals surface area contributed by atoms with Crippen LogP contribution in [-0.4, -0.2) is 62.2 Å². The molecule has 8 heteroatoms. The van der Waals surface area contributed by atoms with Gasteiger partial charge >= 0.3 is 0 Å². The number of benzene rings is 1. The van der Waals surface area contributed by atoms with E-state index >= 15 is 0 Å². The lowest BCUT2D eigenvalue weighted by atomic mass is 9.96. The molecule has 1 aliphatic heterocycles. The zero-order valence-corrected chi connectivity index (χ0v) is 20.5. The standard InChI is InChI=1S/C25H27BrN4O3/c1-4-28(5-2)14-15-30-22(17-9-11-18(26)12-10-17)20(24(32)25(30)33)23(31)21-16(3)27-19-8-6-7-13-29(19)21/h6-13,22,31H,4-5,14-15H2,1-3H3/t22-/m0/s1. The summed E-state index contributed by atoms with van der Waals surface area (Å²) in [5, 5.41) is 11.4. The molecule has 3 aromatic rings. The fourth-order valence-electron chi connectivity index (χ4n) is 4.42. The normalized spacial score (nSPS) is 18.1. The molecule has 1 fully saturated rings. The van der Waals surface area contributed by atoms with Crippen LogP contribution in [0.15, 0.2) is 58.7 Å². The topological polar surface area (TPSA) is 78.2 Å². The van der Waals surface area contributed by atoms with Crippen molar-refractivity contribution in [2.75, 3.05) is 26.2 Å². The van der Waals surface area contributed by atoms with Crippen molar-refractivity contribution in [3.63, 3.8) is 0 Å². The third-order valence-corrected chi connectivity index (χ3v) is 6.73. The molecular formula is C25H27BrN4O3. The van der Waals surface area contributed by atoms with Gasteiger partial charge in [0.1, 0.15) is 11.3 Å². The van der Waals surface area contributed by atoms with E-state index in [-0.39, 0.29) is 11.3 Å². The maximum Gasteiger partial charge on any atom is 0.295 e. The lowest BCUT2D eigenvalue weighted by molar-refractivity contribution is -0.140. The minimum Gasteiger partial charge on any atom is -0.505 e. The van der Waals surface area contributed by atoms with Crippen LogP contribution in [0.4, 0.5) is 0 Å². The van der Waals surface area contributed by atoms with E-state index in [1.807, 2.05) is 42.5 Å². The Kier molecular flexibility index (Phi) is 6.67. The van der Waals surface area contributed by atoms with E-state index in [0.29, 0.717) is 30.1 Å². The lowest BCUT2D eigenvalue weighted by Crippen LogP contribution is -2.38. The van der Waals surface area contributed by atoms with Gasteiger partial charge in [-0.2, -0.15) is 0 Å². The number of aryl methyl sites for hydroxylation is 1. The molecule has 0 aliphatic carbocycles. The average Bonchev–Trinajstić information content (AvgIpc) is 3.28. The Labute approximate surface area is 201 Å². The molecule has 2 aromatic heterocycles. The number of imidazole rings is 1. The van der Waals surface area contributed by atoms with Crippen LogP contribution in [0.3, 0.4) is 0 Å². The van der Waals surface area contributed by atoms with Crippen molar-refractivity contribution in [1.82, 2.24) is 19.2 Å². The fraction of sp³-hybridized carbons (Fsp3) is 0.320. The van der Waals surface area contributed by atoms with Crippen LogP contribution in [0.25, 0.3) is 11.4 Å². The second kappa shape index (κ2) is 9.49. The van der Waals surface area contributed by atoms with Crippen LogP contribution in [-0.2, 0) is 9.59 Å². The Morgan fingerprint density at radius 2 is 1.82 bits per heavy atom. The highest BCUT2D eigenvalue weighted by Crippen LogP contribution is 2.40. The van der Waals surface area contributed by atoms with E-state index in [9.17, 15) is 14.7 Å². The number of fused-ring (bicyclic) bond motifs is 1. The summed E-state index contributed by atoms with van der Waals surface area (Å²) >= 11 is 3.45. The smallest absolute Gasteiger partial charge is 0.295 e. The first kappa shape index (κ1) is 23.2. The number of rotatable bonds is 7. The number of aliphatic hydroxyl groups is 1. The van der Waals surface area contributed by atoms with Gasteiger partial charge in [-0.15, -0.1) is 0 Å². The van der Waals surface area contributed by atoms with Crippen molar-refractivity contribution in [2.24, 2.45) is 0 Å². The molecule has 1 amide bonds. The summed E-state index contributed by atoms with van der Waals surface area (Å²) in [5.74, 6) is -1.48. The Balaban J connectivity index is 1.87. The van der Waals surface area contributed by atoms with Crippen LogP contribution in [0.2, 0.25) is 0 Å². The Hall–Kier alpha value is -2.97. The SMILES string of the molecule is CCN(CC)CCN1C(=O)C(=O)C(=C(O)c2c(C)nc3ccccn23)[C@@H]1c1ccc(Br)cc1. The average molecular weight is 511 g/mol. The molecule has 0 unspecified atom stereocenters. The van der Waals surface area contributed by atoms with E-state index in [1.165, 1.54) is 0 Å². The van der Waals surface area contributed by atoms with Crippen LogP contribution in [0.1, 0.15) is 36.8 Å². The van der Waals surface area contributed by atoms with Crippen molar-refractivity contribution in [3.8, 4) is 0 Å². The molecule has 172 valence electrons. The molecule has 1 saturated heterocycles. The number of aliphatic hydroxyl groups excluding tert-OH is 1. The second-order valence-corrected chi connectivity index (χ2v) is 8.96. The van der Waals surface area contributed by atoms with E-state index in [4.69, 9.17) is 0 Å². The molecule has 7 nitrogen and oxygen atoms in total. The Morgan fingerprint density at radius 3 is 2.48 bits per heavy atom. The summed E-state index contributed by atoms with van der Waals surface area (Å²) in [6.07, 6.45) is 1.79. The van der Waals surface area contributed by atoms with Crippen molar-refractivity contribution in [2.45, 2.75) is 26.8 Å². The van der Waals surface area contributed by atoms with Gasteiger partial charge in [0.2, 0.25) is 0 Å². The molecule has 1 N–H and O–H groups in total. The number of hydrogen-bond acceptors (Lipinski definition) is 5. The molecular weight excluding hydrogens is 484 g/mol. The molecule has 0 radical (unpaired) electrons. The maximum absolute atomic E-state index is 13.3. The summed E-state index contributed by atoms with van der Waals surface area (Å²) in [6.45, 7) is 8.65. The molecule has 1 aromatic carbocycles. The molecule has 0 spiro atoms. The minimum atomic E-state index is -0.678. The van der Waals surface area contributed by atoms with Crippen molar-refractivity contribution < 1.29 is 14.7 Å². The van der Waals surface area contributed by atoms with Crippen molar-refractivity contribution in [3.05, 3.63) is 75.7 Å². The summed E-state index contributed by atoms with van der Waals surface area (Å²) in [7, 11) is 0. The largest absolute Gasteiger partial charge is 0.505 e. The van der Waals surface area contributed by atoms with Crippen LogP contribution in [0.5, 0.6) is 0 Å². The number of hydrogen-bond donors (Lipinski definition) is 1. The number of carbonyl (C=O) groups is 2. The maximum atomic E-state index is 13.3. The van der Waals surface area contributed by atoms with Gasteiger partial charge in [-0.05, 0) is 49.8 Å². The third-order valence-electron chi connectivity index (χ3n) is 6.21.